The van der Waals surface area contributed by atoms with Crippen LogP contribution in [-0.2, 0) is 0 Å². The molecule has 1 rings (SSSR count). The van der Waals surface area contributed by atoms with Gasteiger partial charge in [-0.25, -0.2) is 4.79 Å². The minimum atomic E-state index is -0.990. The smallest absolute Gasteiger partial charge is 0.336 e. The number of ether oxygens (including phenoxy) is 1. The first-order valence-electron chi connectivity index (χ1n) is 4.23. The Kier molecular flexibility index (Phi) is 3.09. The molecule has 0 saturated carbocycles. The molecule has 0 aromatic heterocycles. The molecule has 14 heavy (non-hydrogen) atoms. The number of carbonyl (C=O) groups is 1. The first-order valence-corrected chi connectivity index (χ1v) is 4.23. The molecule has 0 aliphatic carbocycles. The molecule has 0 aliphatic heterocycles. The van der Waals surface area contributed by atoms with Gasteiger partial charge in [0.05, 0.1) is 12.7 Å². The molecule has 0 fully saturated rings. The fraction of sp³-hybridized carbons (Fsp3) is 0.300. The summed E-state index contributed by atoms with van der Waals surface area (Å²) in [5.41, 5.74) is 6.41. The molecule has 1 aromatic carbocycles. The van der Waals surface area contributed by atoms with Crippen LogP contribution in [0.5, 0.6) is 5.75 Å². The lowest BCUT2D eigenvalue weighted by Gasteiger charge is -2.14. The van der Waals surface area contributed by atoms with E-state index in [2.05, 4.69) is 0 Å². The summed E-state index contributed by atoms with van der Waals surface area (Å²) >= 11 is 0. The summed E-state index contributed by atoms with van der Waals surface area (Å²) in [4.78, 5) is 10.9. The van der Waals surface area contributed by atoms with Crippen molar-refractivity contribution in [3.63, 3.8) is 0 Å². The van der Waals surface area contributed by atoms with Crippen molar-refractivity contribution in [1.29, 1.82) is 0 Å². The van der Waals surface area contributed by atoms with E-state index in [1.165, 1.54) is 13.2 Å². The second-order valence-electron chi connectivity index (χ2n) is 3.02. The third-order valence-electron chi connectivity index (χ3n) is 1.97. The van der Waals surface area contributed by atoms with Gasteiger partial charge in [-0.3, -0.25) is 0 Å². The van der Waals surface area contributed by atoms with E-state index in [4.69, 9.17) is 15.6 Å². The highest BCUT2D eigenvalue weighted by molar-refractivity contribution is 5.90. The Hall–Kier alpha value is -1.55. The third kappa shape index (κ3) is 1.85. The van der Waals surface area contributed by atoms with E-state index in [1.807, 2.05) is 0 Å². The molecule has 1 aromatic rings. The molecule has 0 heterocycles. The number of hydrogen-bond acceptors (Lipinski definition) is 3. The van der Waals surface area contributed by atoms with Gasteiger partial charge in [-0.15, -0.1) is 0 Å². The van der Waals surface area contributed by atoms with Crippen LogP contribution in [-0.4, -0.2) is 18.2 Å². The summed E-state index contributed by atoms with van der Waals surface area (Å²) in [5, 5.41) is 8.92. The molecule has 76 valence electrons. The van der Waals surface area contributed by atoms with Gasteiger partial charge in [0, 0.05) is 11.6 Å². The van der Waals surface area contributed by atoms with Gasteiger partial charge in [-0.1, -0.05) is 6.07 Å². The van der Waals surface area contributed by atoms with Crippen LogP contribution < -0.4 is 10.5 Å². The van der Waals surface area contributed by atoms with E-state index in [0.29, 0.717) is 11.3 Å². The van der Waals surface area contributed by atoms with Crippen molar-refractivity contribution in [2.45, 2.75) is 13.0 Å². The summed E-state index contributed by atoms with van der Waals surface area (Å²) in [6.07, 6.45) is 0. The van der Waals surface area contributed by atoms with Crippen LogP contribution >= 0.6 is 0 Å². The molecule has 0 bridgehead atoms. The van der Waals surface area contributed by atoms with Crippen LogP contribution in [0.3, 0.4) is 0 Å². The predicted octanol–water partition coefficient (Wildman–Crippen LogP) is 1.41. The summed E-state index contributed by atoms with van der Waals surface area (Å²) in [6, 6.07) is 4.49. The quantitative estimate of drug-likeness (QED) is 0.764. The summed E-state index contributed by atoms with van der Waals surface area (Å²) < 4.78 is 5.05. The maximum absolute atomic E-state index is 10.9. The summed E-state index contributed by atoms with van der Waals surface area (Å²) in [5.74, 6) is -0.476. The van der Waals surface area contributed by atoms with Gasteiger partial charge in [-0.2, -0.15) is 0 Å². The number of carboxylic acids is 1. The highest BCUT2D eigenvalue weighted by Gasteiger charge is 2.17. The van der Waals surface area contributed by atoms with E-state index >= 15 is 0 Å². The molecule has 0 spiro atoms. The van der Waals surface area contributed by atoms with E-state index in [0.717, 1.165) is 0 Å². The van der Waals surface area contributed by atoms with Crippen LogP contribution in [0.1, 0.15) is 28.9 Å². The lowest BCUT2D eigenvalue weighted by molar-refractivity contribution is 0.0694. The van der Waals surface area contributed by atoms with Crippen molar-refractivity contribution in [1.82, 2.24) is 0 Å². The maximum atomic E-state index is 10.9. The topological polar surface area (TPSA) is 72.5 Å². The molecule has 4 nitrogen and oxygen atoms in total. The second-order valence-corrected chi connectivity index (χ2v) is 3.02. The van der Waals surface area contributed by atoms with E-state index < -0.39 is 5.97 Å². The third-order valence-corrected chi connectivity index (χ3v) is 1.97. The molecule has 4 heteroatoms. The number of rotatable bonds is 3. The number of carboxylic acid groups (broad SMARTS) is 1. The number of aromatic carboxylic acids is 1. The number of nitrogens with two attached hydrogens (primary N) is 1. The monoisotopic (exact) mass is 195 g/mol. The first-order chi connectivity index (χ1) is 6.57. The van der Waals surface area contributed by atoms with Crippen molar-refractivity contribution in [3.05, 3.63) is 29.3 Å². The Balaban J connectivity index is 3.35. The molecule has 0 aliphatic rings. The molecule has 0 unspecified atom stereocenters. The van der Waals surface area contributed by atoms with E-state index in [1.54, 1.807) is 19.1 Å². The van der Waals surface area contributed by atoms with Gasteiger partial charge in [-0.05, 0) is 19.1 Å². The van der Waals surface area contributed by atoms with E-state index in [9.17, 15) is 4.79 Å². The maximum Gasteiger partial charge on any atom is 0.336 e. The second kappa shape index (κ2) is 4.11. The lowest BCUT2D eigenvalue weighted by atomic mass is 10.0. The Labute approximate surface area is 82.3 Å². The zero-order valence-corrected chi connectivity index (χ0v) is 8.15. The molecule has 1 atom stereocenters. The zero-order chi connectivity index (χ0) is 10.7. The molecule has 0 amide bonds. The summed E-state index contributed by atoms with van der Waals surface area (Å²) in [6.45, 7) is 1.73. The molecular formula is C10H13NO3. The van der Waals surface area contributed by atoms with Gasteiger partial charge in [0.15, 0.2) is 0 Å². The normalized spacial score (nSPS) is 12.2. The Bertz CT molecular complexity index is 347. The van der Waals surface area contributed by atoms with Crippen molar-refractivity contribution >= 4 is 5.97 Å². The minimum Gasteiger partial charge on any atom is -0.496 e. The number of hydrogen-bond donors (Lipinski definition) is 2. The van der Waals surface area contributed by atoms with Crippen molar-refractivity contribution in [3.8, 4) is 5.75 Å². The van der Waals surface area contributed by atoms with Crippen LogP contribution in [0.4, 0.5) is 0 Å². The SMILES string of the molecule is COc1cccc(C(=O)O)c1[C@@H](C)N. The van der Waals surface area contributed by atoms with Crippen molar-refractivity contribution in [2.75, 3.05) is 7.11 Å². The standard InChI is InChI=1S/C10H13NO3/c1-6(11)9-7(10(12)13)4-3-5-8(9)14-2/h3-6H,11H2,1-2H3,(H,12,13)/t6-/m1/s1. The lowest BCUT2D eigenvalue weighted by Crippen LogP contribution is -2.13. The fourth-order valence-corrected chi connectivity index (χ4v) is 1.38. The fourth-order valence-electron chi connectivity index (χ4n) is 1.38. The van der Waals surface area contributed by atoms with E-state index in [-0.39, 0.29) is 11.6 Å². The highest BCUT2D eigenvalue weighted by Crippen LogP contribution is 2.27. The molecule has 0 radical (unpaired) electrons. The average Bonchev–Trinajstić information content (AvgIpc) is 2.16. The molecular weight excluding hydrogens is 182 g/mol. The highest BCUT2D eigenvalue weighted by atomic mass is 16.5. The van der Waals surface area contributed by atoms with Crippen molar-refractivity contribution < 1.29 is 14.6 Å². The van der Waals surface area contributed by atoms with Gasteiger partial charge in [0.2, 0.25) is 0 Å². The zero-order valence-electron chi connectivity index (χ0n) is 8.15. The van der Waals surface area contributed by atoms with Crippen molar-refractivity contribution in [2.24, 2.45) is 5.73 Å². The average molecular weight is 195 g/mol. The van der Waals surface area contributed by atoms with Gasteiger partial charge in [0.25, 0.3) is 0 Å². The minimum absolute atomic E-state index is 0.194. The van der Waals surface area contributed by atoms with Crippen LogP contribution in [0.15, 0.2) is 18.2 Å². The first kappa shape index (κ1) is 10.5. The Morgan fingerprint density at radius 2 is 2.21 bits per heavy atom. The van der Waals surface area contributed by atoms with Crippen LogP contribution in [0.25, 0.3) is 0 Å². The largest absolute Gasteiger partial charge is 0.496 e. The predicted molar refractivity (Wildman–Crippen MR) is 52.6 cm³/mol. The van der Waals surface area contributed by atoms with Crippen LogP contribution in [0.2, 0.25) is 0 Å². The summed E-state index contributed by atoms with van der Waals surface area (Å²) in [7, 11) is 1.49. The van der Waals surface area contributed by atoms with Gasteiger partial charge < -0.3 is 15.6 Å². The van der Waals surface area contributed by atoms with Crippen LogP contribution in [0, 0.1) is 0 Å². The number of benzene rings is 1. The molecule has 3 N–H and O–H groups in total. The van der Waals surface area contributed by atoms with Gasteiger partial charge in [0.1, 0.15) is 5.75 Å². The Morgan fingerprint density at radius 3 is 2.64 bits per heavy atom. The van der Waals surface area contributed by atoms with Gasteiger partial charge >= 0.3 is 5.97 Å². The molecule has 0 saturated heterocycles. The number of methoxy groups -OCH3 is 1. The Morgan fingerprint density at radius 1 is 1.57 bits per heavy atom.